The van der Waals surface area contributed by atoms with Crippen LogP contribution < -0.4 is 20.9 Å². The van der Waals surface area contributed by atoms with E-state index in [-0.39, 0.29) is 5.41 Å². The lowest BCUT2D eigenvalue weighted by Crippen LogP contribution is -2.45. The molecule has 0 amide bonds. The van der Waals surface area contributed by atoms with E-state index in [4.69, 9.17) is 0 Å². The highest BCUT2D eigenvalue weighted by atomic mass is 15.2. The minimum absolute atomic E-state index is 0.174. The Balaban J connectivity index is 1.50. The van der Waals surface area contributed by atoms with E-state index in [1.54, 1.807) is 0 Å². The molecule has 0 bridgehead atoms. The molecule has 5 nitrogen and oxygen atoms in total. The van der Waals surface area contributed by atoms with Crippen LogP contribution in [0.1, 0.15) is 56.6 Å². The zero-order valence-corrected chi connectivity index (χ0v) is 18.6. The van der Waals surface area contributed by atoms with Crippen molar-refractivity contribution < 1.29 is 0 Å². The van der Waals surface area contributed by atoms with Crippen molar-refractivity contribution in [2.24, 2.45) is 11.8 Å². The van der Waals surface area contributed by atoms with Crippen molar-refractivity contribution in [3.05, 3.63) is 40.6 Å². The molecule has 1 saturated carbocycles. The summed E-state index contributed by atoms with van der Waals surface area (Å²) in [6, 6.07) is 6.80. The summed E-state index contributed by atoms with van der Waals surface area (Å²) in [7, 11) is 2.01. The molecule has 0 aromatic heterocycles. The van der Waals surface area contributed by atoms with Crippen LogP contribution in [-0.4, -0.2) is 39.1 Å². The summed E-state index contributed by atoms with van der Waals surface area (Å²) < 4.78 is 0. The third-order valence-electron chi connectivity index (χ3n) is 7.89. The van der Waals surface area contributed by atoms with E-state index >= 15 is 0 Å². The zero-order chi connectivity index (χ0) is 20.7. The number of benzene rings is 1. The summed E-state index contributed by atoms with van der Waals surface area (Å²) in [4.78, 5) is 2.35. The standard InChI is InChI=1S/C25H37N5/c1-17-6-9-20(27-2)22(17)24(26)30-16-25(10-12-28-13-11-25)23-19(4-3-5-21(23)30)15-29-14-18-7-8-18/h3-5,17-18,26-29H,6-16H2,1-2H3/t17-/m1/s1. The smallest absolute Gasteiger partial charge is 0.130 e. The molecule has 30 heavy (non-hydrogen) atoms. The van der Waals surface area contributed by atoms with Crippen LogP contribution in [0.25, 0.3) is 0 Å². The number of nitrogens with one attached hydrogen (secondary N) is 4. The van der Waals surface area contributed by atoms with Gasteiger partial charge in [-0.05, 0) is 87.2 Å². The van der Waals surface area contributed by atoms with E-state index in [1.807, 2.05) is 7.05 Å². The van der Waals surface area contributed by atoms with Gasteiger partial charge < -0.3 is 20.9 Å². The minimum atomic E-state index is 0.174. The molecule has 0 unspecified atom stereocenters. The molecular weight excluding hydrogens is 370 g/mol. The topological polar surface area (TPSA) is 63.2 Å². The molecule has 5 heteroatoms. The van der Waals surface area contributed by atoms with Gasteiger partial charge in [-0.3, -0.25) is 5.41 Å². The summed E-state index contributed by atoms with van der Waals surface area (Å²) in [5, 5.41) is 19.9. The predicted octanol–water partition coefficient (Wildman–Crippen LogP) is 3.51. The Bertz CT molecular complexity index is 847. The molecular formula is C25H37N5. The maximum atomic E-state index is 9.25. The first-order chi connectivity index (χ1) is 14.6. The van der Waals surface area contributed by atoms with Crippen molar-refractivity contribution in [2.75, 3.05) is 38.1 Å². The Labute approximate surface area is 181 Å². The second kappa shape index (κ2) is 8.01. The summed E-state index contributed by atoms with van der Waals surface area (Å²) >= 11 is 0. The Kier molecular flexibility index (Phi) is 5.36. The van der Waals surface area contributed by atoms with Crippen molar-refractivity contribution in [1.29, 1.82) is 5.41 Å². The Morgan fingerprint density at radius 2 is 2.03 bits per heavy atom. The van der Waals surface area contributed by atoms with Crippen LogP contribution in [0.3, 0.4) is 0 Å². The lowest BCUT2D eigenvalue weighted by molar-refractivity contribution is 0.328. The number of allylic oxidation sites excluding steroid dienone is 1. The lowest BCUT2D eigenvalue weighted by atomic mass is 9.73. The first kappa shape index (κ1) is 20.1. The predicted molar refractivity (Wildman–Crippen MR) is 124 cm³/mol. The van der Waals surface area contributed by atoms with Gasteiger partial charge in [0.2, 0.25) is 0 Å². The third kappa shape index (κ3) is 3.46. The highest BCUT2D eigenvalue weighted by molar-refractivity contribution is 6.10. The van der Waals surface area contributed by atoms with E-state index in [1.165, 1.54) is 40.9 Å². The number of fused-ring (bicyclic) bond motifs is 2. The van der Waals surface area contributed by atoms with Gasteiger partial charge in [0.25, 0.3) is 0 Å². The Morgan fingerprint density at radius 3 is 2.77 bits per heavy atom. The van der Waals surface area contributed by atoms with Crippen molar-refractivity contribution >= 4 is 11.5 Å². The van der Waals surface area contributed by atoms with Gasteiger partial charge in [-0.25, -0.2) is 0 Å². The number of hydrogen-bond acceptors (Lipinski definition) is 4. The van der Waals surface area contributed by atoms with E-state index in [0.29, 0.717) is 5.92 Å². The largest absolute Gasteiger partial charge is 0.391 e. The molecule has 1 saturated heterocycles. The van der Waals surface area contributed by atoms with Gasteiger partial charge in [-0.2, -0.15) is 0 Å². The summed E-state index contributed by atoms with van der Waals surface area (Å²) in [5.41, 5.74) is 6.93. The summed E-state index contributed by atoms with van der Waals surface area (Å²) in [5.74, 6) is 2.08. The zero-order valence-electron chi connectivity index (χ0n) is 18.6. The van der Waals surface area contributed by atoms with Crippen LogP contribution in [-0.2, 0) is 12.0 Å². The average Bonchev–Trinajstić information content (AvgIpc) is 3.43. The number of amidine groups is 1. The first-order valence-electron chi connectivity index (χ1n) is 11.9. The summed E-state index contributed by atoms with van der Waals surface area (Å²) in [6.07, 6.45) is 7.32. The number of hydrogen-bond donors (Lipinski definition) is 4. The normalized spacial score (nSPS) is 25.1. The highest BCUT2D eigenvalue weighted by Crippen LogP contribution is 2.49. The number of nitrogens with zero attached hydrogens (tertiary/aromatic N) is 1. The minimum Gasteiger partial charge on any atom is -0.391 e. The molecule has 5 rings (SSSR count). The maximum absolute atomic E-state index is 9.25. The van der Waals surface area contributed by atoms with Crippen molar-refractivity contribution in [3.63, 3.8) is 0 Å². The highest BCUT2D eigenvalue weighted by Gasteiger charge is 2.46. The Morgan fingerprint density at radius 1 is 1.23 bits per heavy atom. The van der Waals surface area contributed by atoms with Gasteiger partial charge in [-0.1, -0.05) is 19.1 Å². The fourth-order valence-electron chi connectivity index (χ4n) is 6.00. The van der Waals surface area contributed by atoms with Gasteiger partial charge in [-0.15, -0.1) is 0 Å². The third-order valence-corrected chi connectivity index (χ3v) is 7.89. The van der Waals surface area contributed by atoms with E-state index in [0.717, 1.165) is 70.2 Å². The first-order valence-corrected chi connectivity index (χ1v) is 11.9. The van der Waals surface area contributed by atoms with Gasteiger partial charge in [0.15, 0.2) is 0 Å². The molecule has 4 aliphatic rings. The molecule has 162 valence electrons. The van der Waals surface area contributed by atoms with Gasteiger partial charge >= 0.3 is 0 Å². The molecule has 2 aliphatic heterocycles. The second-order valence-corrected chi connectivity index (χ2v) is 9.93. The van der Waals surface area contributed by atoms with Crippen molar-refractivity contribution in [3.8, 4) is 0 Å². The van der Waals surface area contributed by atoms with E-state index in [2.05, 4.69) is 46.0 Å². The van der Waals surface area contributed by atoms with Crippen LogP contribution in [0.5, 0.6) is 0 Å². The molecule has 4 N–H and O–H groups in total. The van der Waals surface area contributed by atoms with Crippen LogP contribution in [0.2, 0.25) is 0 Å². The van der Waals surface area contributed by atoms with Crippen LogP contribution in [0.15, 0.2) is 29.5 Å². The maximum Gasteiger partial charge on any atom is 0.130 e. The molecule has 1 aromatic carbocycles. The van der Waals surface area contributed by atoms with Crippen LogP contribution in [0, 0.1) is 17.2 Å². The van der Waals surface area contributed by atoms with Gasteiger partial charge in [0.05, 0.1) is 0 Å². The van der Waals surface area contributed by atoms with Gasteiger partial charge in [0, 0.05) is 42.5 Å². The van der Waals surface area contributed by atoms with E-state index < -0.39 is 0 Å². The molecule has 1 aromatic rings. The molecule has 1 spiro atoms. The molecule has 2 aliphatic carbocycles. The van der Waals surface area contributed by atoms with E-state index in [9.17, 15) is 5.41 Å². The quantitative estimate of drug-likeness (QED) is 0.430. The average molecular weight is 408 g/mol. The van der Waals surface area contributed by atoms with Crippen LogP contribution in [0.4, 0.5) is 5.69 Å². The number of piperidine rings is 1. The van der Waals surface area contributed by atoms with Gasteiger partial charge in [0.1, 0.15) is 5.84 Å². The Hall–Kier alpha value is -1.85. The summed E-state index contributed by atoms with van der Waals surface area (Å²) in [6.45, 7) is 7.49. The monoisotopic (exact) mass is 407 g/mol. The fraction of sp³-hybridized carbons (Fsp3) is 0.640. The fourth-order valence-corrected chi connectivity index (χ4v) is 6.00. The molecule has 1 atom stereocenters. The van der Waals surface area contributed by atoms with Crippen molar-refractivity contribution in [2.45, 2.75) is 57.4 Å². The lowest BCUT2D eigenvalue weighted by Gasteiger charge is -2.36. The molecule has 0 radical (unpaired) electrons. The number of rotatable bonds is 6. The SMILES string of the molecule is CNC1=C(C(=N)N2CC3(CCNCC3)c3c(CNCC4CC4)cccc32)[C@H](C)CC1. The second-order valence-electron chi connectivity index (χ2n) is 9.93. The van der Waals surface area contributed by atoms with Crippen molar-refractivity contribution in [1.82, 2.24) is 16.0 Å². The molecule has 2 heterocycles. The van der Waals surface area contributed by atoms with Crippen LogP contribution >= 0.6 is 0 Å². The molecule has 2 fully saturated rings. The number of anilines is 1.